The van der Waals surface area contributed by atoms with Gasteiger partial charge in [-0.2, -0.15) is 5.26 Å². The van der Waals surface area contributed by atoms with Crippen molar-refractivity contribution in [2.75, 3.05) is 5.32 Å². The van der Waals surface area contributed by atoms with Gasteiger partial charge < -0.3 is 9.88 Å². The van der Waals surface area contributed by atoms with E-state index in [0.717, 1.165) is 39.3 Å². The molecule has 1 heterocycles. The Bertz CT molecular complexity index is 1590. The van der Waals surface area contributed by atoms with Gasteiger partial charge >= 0.3 is 0 Å². The summed E-state index contributed by atoms with van der Waals surface area (Å²) in [7, 11) is 0. The lowest BCUT2D eigenvalue weighted by Gasteiger charge is -2.15. The van der Waals surface area contributed by atoms with Gasteiger partial charge in [-0.3, -0.25) is 4.79 Å². The molecule has 1 N–H and O–H groups in total. The molecule has 0 fully saturated rings. The van der Waals surface area contributed by atoms with E-state index in [9.17, 15) is 10.1 Å². The van der Waals surface area contributed by atoms with Gasteiger partial charge in [0, 0.05) is 16.9 Å². The minimum Gasteiger partial charge on any atom is -0.321 e. The van der Waals surface area contributed by atoms with Crippen molar-refractivity contribution in [2.24, 2.45) is 0 Å². The highest BCUT2D eigenvalue weighted by Crippen LogP contribution is 2.37. The number of para-hydroxylation sites is 1. The monoisotopic (exact) mass is 479 g/mol. The zero-order valence-electron chi connectivity index (χ0n) is 20.4. The molecule has 0 aliphatic rings. The fraction of sp³-hybridized carbons (Fsp3) is 0.0303. The summed E-state index contributed by atoms with van der Waals surface area (Å²) in [6.07, 6.45) is 1.68. The quantitative estimate of drug-likeness (QED) is 0.201. The Kier molecular flexibility index (Phi) is 6.78. The minimum atomic E-state index is -0.445. The Hall–Kier alpha value is -5.14. The Balaban J connectivity index is 1.70. The Morgan fingerprint density at radius 1 is 0.784 bits per heavy atom. The van der Waals surface area contributed by atoms with Crippen LogP contribution in [-0.2, 0) is 4.79 Å². The van der Waals surface area contributed by atoms with Gasteiger partial charge in [-0.05, 0) is 54.5 Å². The molecule has 0 aliphatic carbocycles. The molecule has 5 aromatic rings. The average Bonchev–Trinajstić information content (AvgIpc) is 3.33. The predicted octanol–water partition coefficient (Wildman–Crippen LogP) is 7.67. The van der Waals surface area contributed by atoms with Crippen molar-refractivity contribution in [2.45, 2.75) is 6.92 Å². The van der Waals surface area contributed by atoms with Crippen LogP contribution < -0.4 is 5.32 Å². The van der Waals surface area contributed by atoms with Crippen LogP contribution in [0.25, 0.3) is 34.3 Å². The van der Waals surface area contributed by atoms with Gasteiger partial charge in [0.05, 0.1) is 11.4 Å². The van der Waals surface area contributed by atoms with Gasteiger partial charge in [-0.25, -0.2) is 0 Å². The third-order valence-corrected chi connectivity index (χ3v) is 6.14. The number of carbonyl (C=O) groups excluding carboxylic acids is 1. The van der Waals surface area contributed by atoms with Crippen LogP contribution >= 0.6 is 0 Å². The molecule has 4 aromatic carbocycles. The fourth-order valence-electron chi connectivity index (χ4n) is 4.34. The molecule has 0 aliphatic heterocycles. The van der Waals surface area contributed by atoms with E-state index in [1.165, 1.54) is 0 Å². The topological polar surface area (TPSA) is 57.8 Å². The number of hydrogen-bond acceptors (Lipinski definition) is 2. The van der Waals surface area contributed by atoms with Crippen LogP contribution in [0, 0.1) is 18.3 Å². The summed E-state index contributed by atoms with van der Waals surface area (Å²) in [6, 6.07) is 41.9. The van der Waals surface area contributed by atoms with E-state index in [0.29, 0.717) is 5.69 Å². The molecular formula is C33H25N3O. The van der Waals surface area contributed by atoms with Gasteiger partial charge in [0.25, 0.3) is 5.91 Å². The number of amides is 1. The van der Waals surface area contributed by atoms with Crippen molar-refractivity contribution in [1.82, 2.24) is 4.57 Å². The van der Waals surface area contributed by atoms with E-state index in [2.05, 4.69) is 40.2 Å². The van der Waals surface area contributed by atoms with Crippen molar-refractivity contribution >= 4 is 17.7 Å². The number of carbonyl (C=O) groups is 1. The first-order valence-electron chi connectivity index (χ1n) is 12.1. The van der Waals surface area contributed by atoms with E-state index >= 15 is 0 Å². The molecule has 5 rings (SSSR count). The molecule has 178 valence electrons. The molecule has 0 radical (unpaired) electrons. The highest BCUT2D eigenvalue weighted by atomic mass is 16.1. The fourth-order valence-corrected chi connectivity index (χ4v) is 4.34. The molecule has 0 unspecified atom stereocenters. The number of anilines is 1. The number of hydrogen-bond donors (Lipinski definition) is 1. The first-order valence-corrected chi connectivity index (χ1v) is 12.1. The minimum absolute atomic E-state index is 0.0302. The smallest absolute Gasteiger partial charge is 0.266 e. The number of benzene rings is 4. The molecule has 0 spiro atoms. The molecule has 0 saturated carbocycles. The lowest BCUT2D eigenvalue weighted by Crippen LogP contribution is -2.13. The average molecular weight is 480 g/mol. The number of nitriles is 1. The Morgan fingerprint density at radius 3 is 1.95 bits per heavy atom. The number of aromatic nitrogens is 1. The molecule has 4 heteroatoms. The van der Waals surface area contributed by atoms with Crippen molar-refractivity contribution in [3.05, 3.63) is 138 Å². The summed E-state index contributed by atoms with van der Waals surface area (Å²) in [5.74, 6) is -0.445. The van der Waals surface area contributed by atoms with Crippen molar-refractivity contribution in [3.63, 3.8) is 0 Å². The lowest BCUT2D eigenvalue weighted by atomic mass is 10.0. The van der Waals surface area contributed by atoms with Crippen LogP contribution in [0.4, 0.5) is 5.69 Å². The highest BCUT2D eigenvalue weighted by Gasteiger charge is 2.20. The Labute approximate surface area is 216 Å². The van der Waals surface area contributed by atoms with E-state index < -0.39 is 5.91 Å². The second-order valence-electron chi connectivity index (χ2n) is 8.73. The van der Waals surface area contributed by atoms with Gasteiger partial charge in [-0.15, -0.1) is 0 Å². The van der Waals surface area contributed by atoms with Crippen molar-refractivity contribution < 1.29 is 4.79 Å². The SMILES string of the molecule is Cc1ccc(NC(=O)/C(C#N)=C/c2cc(-c3ccccc3)n(-c3ccccc3)c2-c2ccccc2)cc1. The van der Waals surface area contributed by atoms with Gasteiger partial charge in [0.2, 0.25) is 0 Å². The summed E-state index contributed by atoms with van der Waals surface area (Å²) < 4.78 is 2.18. The van der Waals surface area contributed by atoms with Crippen LogP contribution in [0.5, 0.6) is 0 Å². The van der Waals surface area contributed by atoms with Crippen LogP contribution in [0.1, 0.15) is 11.1 Å². The summed E-state index contributed by atoms with van der Waals surface area (Å²) in [6.45, 7) is 1.99. The van der Waals surface area contributed by atoms with Crippen LogP contribution in [0.2, 0.25) is 0 Å². The molecule has 1 aromatic heterocycles. The predicted molar refractivity (Wildman–Crippen MR) is 150 cm³/mol. The third kappa shape index (κ3) is 5.12. The van der Waals surface area contributed by atoms with Gasteiger partial charge in [0.1, 0.15) is 11.6 Å². The third-order valence-electron chi connectivity index (χ3n) is 6.14. The van der Waals surface area contributed by atoms with Gasteiger partial charge in [-0.1, -0.05) is 96.6 Å². The van der Waals surface area contributed by atoms with Crippen LogP contribution in [0.3, 0.4) is 0 Å². The zero-order chi connectivity index (χ0) is 25.6. The molecule has 0 atom stereocenters. The maximum atomic E-state index is 13.1. The summed E-state index contributed by atoms with van der Waals surface area (Å²) in [5, 5.41) is 12.8. The number of nitrogens with one attached hydrogen (secondary N) is 1. The van der Waals surface area contributed by atoms with Crippen LogP contribution in [-0.4, -0.2) is 10.5 Å². The second-order valence-corrected chi connectivity index (χ2v) is 8.73. The van der Waals surface area contributed by atoms with Crippen molar-refractivity contribution in [1.29, 1.82) is 5.26 Å². The molecule has 1 amide bonds. The molecule has 0 saturated heterocycles. The standard InChI is InChI=1S/C33H25N3O/c1-24-17-19-29(20-18-24)35-33(37)28(23-34)21-27-22-31(25-11-5-2-6-12-25)36(30-15-9-4-10-16-30)32(27)26-13-7-3-8-14-26/h2-22H,1H3,(H,35,37)/b28-21+. The lowest BCUT2D eigenvalue weighted by molar-refractivity contribution is -0.112. The molecule has 37 heavy (non-hydrogen) atoms. The normalized spacial score (nSPS) is 11.1. The first-order chi connectivity index (χ1) is 18.1. The number of nitrogens with zero attached hydrogens (tertiary/aromatic N) is 2. The molecule has 0 bridgehead atoms. The van der Waals surface area contributed by atoms with Crippen LogP contribution in [0.15, 0.2) is 127 Å². The van der Waals surface area contributed by atoms with Gasteiger partial charge in [0.15, 0.2) is 0 Å². The maximum absolute atomic E-state index is 13.1. The highest BCUT2D eigenvalue weighted by molar-refractivity contribution is 6.10. The molecule has 4 nitrogen and oxygen atoms in total. The number of aryl methyl sites for hydroxylation is 1. The van der Waals surface area contributed by atoms with Crippen molar-refractivity contribution in [3.8, 4) is 34.3 Å². The summed E-state index contributed by atoms with van der Waals surface area (Å²) in [5.41, 5.74) is 7.43. The van der Waals surface area contributed by atoms with E-state index in [4.69, 9.17) is 0 Å². The first kappa shape index (κ1) is 23.6. The largest absolute Gasteiger partial charge is 0.321 e. The zero-order valence-corrected chi connectivity index (χ0v) is 20.4. The second kappa shape index (κ2) is 10.6. The summed E-state index contributed by atoms with van der Waals surface area (Å²) >= 11 is 0. The molecular weight excluding hydrogens is 454 g/mol. The van der Waals surface area contributed by atoms with E-state index in [1.807, 2.05) is 104 Å². The number of rotatable bonds is 6. The van der Waals surface area contributed by atoms with E-state index in [-0.39, 0.29) is 5.57 Å². The summed E-state index contributed by atoms with van der Waals surface area (Å²) in [4.78, 5) is 13.1. The van der Waals surface area contributed by atoms with E-state index in [1.54, 1.807) is 6.08 Å². The Morgan fingerprint density at radius 2 is 1.35 bits per heavy atom. The maximum Gasteiger partial charge on any atom is 0.266 e.